The molecule has 96 valence electrons. The first kappa shape index (κ1) is 14.6. The lowest BCUT2D eigenvalue weighted by molar-refractivity contribution is 0.241. The Morgan fingerprint density at radius 3 is 2.47 bits per heavy atom. The Hall–Kier alpha value is -0.510. The lowest BCUT2D eigenvalue weighted by Gasteiger charge is -2.29. The number of hydrogen-bond acceptors (Lipinski definition) is 3. The van der Waals surface area contributed by atoms with Gasteiger partial charge >= 0.3 is 0 Å². The quantitative estimate of drug-likeness (QED) is 0.809. The third kappa shape index (κ3) is 4.70. The summed E-state index contributed by atoms with van der Waals surface area (Å²) in [6, 6.07) is 11.1. The molecule has 17 heavy (non-hydrogen) atoms. The standard InChI is InChI=1S/C14H24N2S/c1-4-13(11-17-3)16(2)10-14(15)12-8-6-5-7-9-12/h5-9,13-14H,4,10-11,15H2,1-3H3. The fourth-order valence-electron chi connectivity index (χ4n) is 2.01. The summed E-state index contributed by atoms with van der Waals surface area (Å²) in [6.45, 7) is 3.16. The number of nitrogens with two attached hydrogens (primary N) is 1. The summed E-state index contributed by atoms with van der Waals surface area (Å²) in [4.78, 5) is 2.38. The predicted molar refractivity (Wildman–Crippen MR) is 78.5 cm³/mol. The van der Waals surface area contributed by atoms with Crippen molar-refractivity contribution in [1.82, 2.24) is 4.90 Å². The first-order valence-corrected chi connectivity index (χ1v) is 7.58. The molecule has 0 aliphatic heterocycles. The average Bonchev–Trinajstić information content (AvgIpc) is 2.36. The molecule has 0 aliphatic rings. The van der Waals surface area contributed by atoms with Gasteiger partial charge in [0, 0.05) is 24.4 Å². The molecular formula is C14H24N2S. The molecule has 2 N–H and O–H groups in total. The van der Waals surface area contributed by atoms with E-state index in [0.717, 1.165) is 6.54 Å². The first-order chi connectivity index (χ1) is 8.19. The molecule has 0 heterocycles. The zero-order valence-electron chi connectivity index (χ0n) is 11.1. The highest BCUT2D eigenvalue weighted by molar-refractivity contribution is 7.98. The maximum atomic E-state index is 6.24. The summed E-state index contributed by atoms with van der Waals surface area (Å²) in [5.41, 5.74) is 7.46. The first-order valence-electron chi connectivity index (χ1n) is 6.18. The molecule has 3 heteroatoms. The molecule has 0 spiro atoms. The van der Waals surface area contributed by atoms with Crippen molar-refractivity contribution >= 4 is 11.8 Å². The molecule has 0 bridgehead atoms. The number of thioether (sulfide) groups is 1. The van der Waals surface area contributed by atoms with Gasteiger partial charge in [0.1, 0.15) is 0 Å². The highest BCUT2D eigenvalue weighted by atomic mass is 32.2. The smallest absolute Gasteiger partial charge is 0.0424 e. The summed E-state index contributed by atoms with van der Waals surface area (Å²) < 4.78 is 0. The van der Waals surface area contributed by atoms with Gasteiger partial charge in [-0.25, -0.2) is 0 Å². The highest BCUT2D eigenvalue weighted by Gasteiger charge is 2.15. The molecule has 0 amide bonds. The zero-order valence-corrected chi connectivity index (χ0v) is 11.9. The summed E-state index contributed by atoms with van der Waals surface area (Å²) in [7, 11) is 2.17. The van der Waals surface area contributed by atoms with Gasteiger partial charge in [0.25, 0.3) is 0 Å². The number of likely N-dealkylation sites (N-methyl/N-ethyl adjacent to an activating group) is 1. The molecule has 0 aliphatic carbocycles. The molecule has 0 saturated carbocycles. The summed E-state index contributed by atoms with van der Waals surface area (Å²) in [6.07, 6.45) is 3.34. The second-order valence-electron chi connectivity index (χ2n) is 4.47. The Balaban J connectivity index is 2.53. The Labute approximate surface area is 110 Å². The number of hydrogen-bond donors (Lipinski definition) is 1. The van der Waals surface area contributed by atoms with Crippen molar-refractivity contribution in [3.05, 3.63) is 35.9 Å². The number of nitrogens with zero attached hydrogens (tertiary/aromatic N) is 1. The van der Waals surface area contributed by atoms with E-state index in [4.69, 9.17) is 5.73 Å². The van der Waals surface area contributed by atoms with Crippen molar-refractivity contribution in [3.8, 4) is 0 Å². The van der Waals surface area contributed by atoms with E-state index in [0.29, 0.717) is 6.04 Å². The summed E-state index contributed by atoms with van der Waals surface area (Å²) in [5.74, 6) is 1.18. The van der Waals surface area contributed by atoms with Crippen molar-refractivity contribution in [1.29, 1.82) is 0 Å². The van der Waals surface area contributed by atoms with Crippen molar-refractivity contribution in [2.24, 2.45) is 5.73 Å². The molecule has 0 fully saturated rings. The van der Waals surface area contributed by atoms with Gasteiger partial charge in [0.15, 0.2) is 0 Å². The van der Waals surface area contributed by atoms with Gasteiger partial charge in [-0.05, 0) is 25.3 Å². The average molecular weight is 252 g/mol. The van der Waals surface area contributed by atoms with Crippen molar-refractivity contribution in [2.45, 2.75) is 25.4 Å². The topological polar surface area (TPSA) is 29.3 Å². The van der Waals surface area contributed by atoms with E-state index in [1.807, 2.05) is 30.0 Å². The predicted octanol–water partition coefficient (Wildman–Crippen LogP) is 2.76. The van der Waals surface area contributed by atoms with Crippen LogP contribution in [0.4, 0.5) is 0 Å². The molecule has 1 aromatic rings. The molecule has 1 rings (SSSR count). The van der Waals surface area contributed by atoms with Crippen LogP contribution in [-0.4, -0.2) is 36.5 Å². The second-order valence-corrected chi connectivity index (χ2v) is 5.38. The van der Waals surface area contributed by atoms with E-state index in [2.05, 4.69) is 37.3 Å². The van der Waals surface area contributed by atoms with Gasteiger partial charge in [-0.2, -0.15) is 11.8 Å². The Kier molecular flexibility index (Phi) is 6.63. The molecule has 0 radical (unpaired) electrons. The van der Waals surface area contributed by atoms with Crippen LogP contribution in [0.2, 0.25) is 0 Å². The van der Waals surface area contributed by atoms with E-state index in [9.17, 15) is 0 Å². The van der Waals surface area contributed by atoms with Crippen molar-refractivity contribution in [2.75, 3.05) is 25.6 Å². The van der Waals surface area contributed by atoms with Gasteiger partial charge in [-0.3, -0.25) is 0 Å². The van der Waals surface area contributed by atoms with Crippen LogP contribution in [0.1, 0.15) is 24.9 Å². The normalized spacial score (nSPS) is 14.9. The van der Waals surface area contributed by atoms with E-state index in [1.165, 1.54) is 17.7 Å². The van der Waals surface area contributed by atoms with E-state index >= 15 is 0 Å². The largest absolute Gasteiger partial charge is 0.323 e. The van der Waals surface area contributed by atoms with Crippen molar-refractivity contribution < 1.29 is 0 Å². The number of rotatable bonds is 7. The van der Waals surface area contributed by atoms with Crippen molar-refractivity contribution in [3.63, 3.8) is 0 Å². The monoisotopic (exact) mass is 252 g/mol. The van der Waals surface area contributed by atoms with Crippen LogP contribution in [0.3, 0.4) is 0 Å². The molecule has 0 saturated heterocycles. The third-order valence-corrected chi connectivity index (χ3v) is 3.88. The highest BCUT2D eigenvalue weighted by Crippen LogP contribution is 2.14. The van der Waals surface area contributed by atoms with Crippen LogP contribution in [0.15, 0.2) is 30.3 Å². The van der Waals surface area contributed by atoms with E-state index in [-0.39, 0.29) is 6.04 Å². The lowest BCUT2D eigenvalue weighted by atomic mass is 10.1. The van der Waals surface area contributed by atoms with E-state index in [1.54, 1.807) is 0 Å². The second kappa shape index (κ2) is 7.75. The maximum Gasteiger partial charge on any atom is 0.0424 e. The third-order valence-electron chi connectivity index (χ3n) is 3.17. The Morgan fingerprint density at radius 2 is 1.94 bits per heavy atom. The molecule has 1 aromatic carbocycles. The van der Waals surface area contributed by atoms with Gasteiger partial charge < -0.3 is 10.6 Å². The van der Waals surface area contributed by atoms with Crippen LogP contribution in [-0.2, 0) is 0 Å². The summed E-state index contributed by atoms with van der Waals surface area (Å²) in [5, 5.41) is 0. The number of benzene rings is 1. The van der Waals surface area contributed by atoms with Crippen LogP contribution in [0.25, 0.3) is 0 Å². The SMILES string of the molecule is CCC(CSC)N(C)CC(N)c1ccccc1. The molecule has 2 nitrogen and oxygen atoms in total. The molecule has 0 aromatic heterocycles. The Bertz CT molecular complexity index is 302. The maximum absolute atomic E-state index is 6.24. The van der Waals surface area contributed by atoms with Gasteiger partial charge in [-0.1, -0.05) is 37.3 Å². The Morgan fingerprint density at radius 1 is 1.29 bits per heavy atom. The van der Waals surface area contributed by atoms with Crippen LogP contribution >= 0.6 is 11.8 Å². The lowest BCUT2D eigenvalue weighted by Crippen LogP contribution is -2.38. The molecule has 2 atom stereocenters. The van der Waals surface area contributed by atoms with Crippen LogP contribution in [0, 0.1) is 0 Å². The minimum absolute atomic E-state index is 0.108. The van der Waals surface area contributed by atoms with Gasteiger partial charge in [0.05, 0.1) is 0 Å². The minimum atomic E-state index is 0.108. The zero-order chi connectivity index (χ0) is 12.7. The van der Waals surface area contributed by atoms with Crippen LogP contribution < -0.4 is 5.73 Å². The summed E-state index contributed by atoms with van der Waals surface area (Å²) >= 11 is 1.90. The van der Waals surface area contributed by atoms with Crippen LogP contribution in [0.5, 0.6) is 0 Å². The van der Waals surface area contributed by atoms with Gasteiger partial charge in [0.2, 0.25) is 0 Å². The molecular weight excluding hydrogens is 228 g/mol. The fourth-order valence-corrected chi connectivity index (χ4v) is 2.89. The van der Waals surface area contributed by atoms with Gasteiger partial charge in [-0.15, -0.1) is 0 Å². The molecule has 2 unspecified atom stereocenters. The minimum Gasteiger partial charge on any atom is -0.323 e. The fraction of sp³-hybridized carbons (Fsp3) is 0.571. The van der Waals surface area contributed by atoms with E-state index < -0.39 is 0 Å².